The summed E-state index contributed by atoms with van der Waals surface area (Å²) in [4.78, 5) is 22.3. The number of hydrogen-bond acceptors (Lipinski definition) is 2. The fraction of sp³-hybridized carbons (Fsp3) is 0.385. The zero-order valence-corrected chi connectivity index (χ0v) is 9.53. The van der Waals surface area contributed by atoms with Gasteiger partial charge in [-0.1, -0.05) is 24.3 Å². The van der Waals surface area contributed by atoms with Crippen molar-refractivity contribution in [1.82, 2.24) is 0 Å². The monoisotopic (exact) mass is 219 g/mol. The Balaban J connectivity index is 2.41. The van der Waals surface area contributed by atoms with Crippen LogP contribution in [0.3, 0.4) is 0 Å². The number of primary amides is 1. The van der Waals surface area contributed by atoms with Crippen molar-refractivity contribution in [3.63, 3.8) is 0 Å². The highest BCUT2D eigenvalue weighted by Crippen LogP contribution is 2.12. The number of nitrogens with two attached hydrogens (primary N) is 1. The van der Waals surface area contributed by atoms with Crippen LogP contribution in [0.2, 0.25) is 0 Å². The molecular weight excluding hydrogens is 202 g/mol. The number of rotatable bonds is 6. The molecule has 0 aromatic heterocycles. The average Bonchev–Trinajstić information content (AvgIpc) is 2.24. The molecule has 0 radical (unpaired) electrons. The first kappa shape index (κ1) is 12.4. The van der Waals surface area contributed by atoms with Crippen LogP contribution in [-0.4, -0.2) is 11.7 Å². The Morgan fingerprint density at radius 3 is 2.38 bits per heavy atom. The van der Waals surface area contributed by atoms with E-state index in [1.54, 1.807) is 0 Å². The number of unbranched alkanes of at least 4 members (excludes halogenated alkanes) is 1. The topological polar surface area (TPSA) is 60.2 Å². The van der Waals surface area contributed by atoms with Crippen molar-refractivity contribution in [2.75, 3.05) is 0 Å². The van der Waals surface area contributed by atoms with Gasteiger partial charge in [-0.3, -0.25) is 9.59 Å². The Morgan fingerprint density at radius 2 is 1.75 bits per heavy atom. The SMILES string of the molecule is Cc1ccccc1C(=O)CCCCC(N)=O. The van der Waals surface area contributed by atoms with Gasteiger partial charge in [0.1, 0.15) is 0 Å². The maximum atomic E-state index is 11.8. The van der Waals surface area contributed by atoms with E-state index in [-0.39, 0.29) is 11.7 Å². The summed E-state index contributed by atoms with van der Waals surface area (Å²) in [6.07, 6.45) is 2.25. The number of hydrogen-bond donors (Lipinski definition) is 1. The minimum atomic E-state index is -0.302. The molecule has 0 spiro atoms. The van der Waals surface area contributed by atoms with Gasteiger partial charge in [-0.25, -0.2) is 0 Å². The number of carbonyl (C=O) groups is 2. The highest BCUT2D eigenvalue weighted by atomic mass is 16.1. The van der Waals surface area contributed by atoms with Gasteiger partial charge in [0.05, 0.1) is 0 Å². The second-order valence-electron chi connectivity index (χ2n) is 3.91. The van der Waals surface area contributed by atoms with Crippen molar-refractivity contribution in [2.45, 2.75) is 32.6 Å². The maximum Gasteiger partial charge on any atom is 0.217 e. The van der Waals surface area contributed by atoms with E-state index in [9.17, 15) is 9.59 Å². The van der Waals surface area contributed by atoms with Gasteiger partial charge in [-0.05, 0) is 25.3 Å². The van der Waals surface area contributed by atoms with Crippen molar-refractivity contribution >= 4 is 11.7 Å². The summed E-state index contributed by atoms with van der Waals surface area (Å²) in [5.41, 5.74) is 6.80. The van der Waals surface area contributed by atoms with E-state index in [1.165, 1.54) is 0 Å². The lowest BCUT2D eigenvalue weighted by molar-refractivity contribution is -0.118. The number of Topliss-reactive ketones (excluding diaryl/α,β-unsaturated/α-hetero) is 1. The molecule has 3 nitrogen and oxygen atoms in total. The zero-order chi connectivity index (χ0) is 12.0. The van der Waals surface area contributed by atoms with Gasteiger partial charge in [0.15, 0.2) is 5.78 Å². The summed E-state index contributed by atoms with van der Waals surface area (Å²) >= 11 is 0. The minimum Gasteiger partial charge on any atom is -0.370 e. The van der Waals surface area contributed by atoms with Crippen molar-refractivity contribution in [3.05, 3.63) is 35.4 Å². The van der Waals surface area contributed by atoms with Crippen LogP contribution in [-0.2, 0) is 4.79 Å². The quantitative estimate of drug-likeness (QED) is 0.589. The van der Waals surface area contributed by atoms with Crippen LogP contribution in [0.1, 0.15) is 41.6 Å². The molecule has 2 N–H and O–H groups in total. The molecule has 1 amide bonds. The minimum absolute atomic E-state index is 0.141. The number of carbonyl (C=O) groups excluding carboxylic acids is 2. The smallest absolute Gasteiger partial charge is 0.217 e. The van der Waals surface area contributed by atoms with Crippen LogP contribution in [0.25, 0.3) is 0 Å². The third-order valence-electron chi connectivity index (χ3n) is 2.52. The van der Waals surface area contributed by atoms with Crippen LogP contribution in [0, 0.1) is 6.92 Å². The summed E-state index contributed by atoms with van der Waals surface area (Å²) < 4.78 is 0. The molecular formula is C13H17NO2. The fourth-order valence-corrected chi connectivity index (χ4v) is 1.61. The summed E-state index contributed by atoms with van der Waals surface area (Å²) in [7, 11) is 0. The lowest BCUT2D eigenvalue weighted by atomic mass is 10.0. The van der Waals surface area contributed by atoms with Crippen LogP contribution in [0.5, 0.6) is 0 Å². The van der Waals surface area contributed by atoms with Gasteiger partial charge >= 0.3 is 0 Å². The van der Waals surface area contributed by atoms with Crippen LogP contribution in [0.15, 0.2) is 24.3 Å². The molecule has 1 aromatic rings. The number of amides is 1. The van der Waals surface area contributed by atoms with Gasteiger partial charge in [0.2, 0.25) is 5.91 Å². The second-order valence-corrected chi connectivity index (χ2v) is 3.91. The van der Waals surface area contributed by atoms with Gasteiger partial charge in [-0.2, -0.15) is 0 Å². The first-order chi connectivity index (χ1) is 7.61. The molecule has 3 heteroatoms. The van der Waals surface area contributed by atoms with E-state index in [0.717, 1.165) is 17.5 Å². The highest BCUT2D eigenvalue weighted by Gasteiger charge is 2.07. The molecule has 0 atom stereocenters. The molecule has 0 unspecified atom stereocenters. The van der Waals surface area contributed by atoms with Crippen molar-refractivity contribution in [2.24, 2.45) is 5.73 Å². The summed E-state index contributed by atoms with van der Waals surface area (Å²) in [6.45, 7) is 1.93. The Labute approximate surface area is 95.6 Å². The first-order valence-electron chi connectivity index (χ1n) is 5.48. The molecule has 1 aromatic carbocycles. The maximum absolute atomic E-state index is 11.8. The van der Waals surface area contributed by atoms with E-state index < -0.39 is 0 Å². The van der Waals surface area contributed by atoms with E-state index in [0.29, 0.717) is 19.3 Å². The van der Waals surface area contributed by atoms with Gasteiger partial charge < -0.3 is 5.73 Å². The molecule has 0 fully saturated rings. The van der Waals surface area contributed by atoms with Crippen LogP contribution >= 0.6 is 0 Å². The molecule has 0 aliphatic carbocycles. The van der Waals surface area contributed by atoms with E-state index in [2.05, 4.69) is 0 Å². The molecule has 1 rings (SSSR count). The lowest BCUT2D eigenvalue weighted by Crippen LogP contribution is -2.10. The van der Waals surface area contributed by atoms with E-state index in [4.69, 9.17) is 5.73 Å². The molecule has 0 saturated carbocycles. The summed E-state index contributed by atoms with van der Waals surface area (Å²) in [5.74, 6) is -0.161. The van der Waals surface area contributed by atoms with Crippen molar-refractivity contribution < 1.29 is 9.59 Å². The van der Waals surface area contributed by atoms with Crippen molar-refractivity contribution in [1.29, 1.82) is 0 Å². The molecule has 0 saturated heterocycles. The third-order valence-corrected chi connectivity index (χ3v) is 2.52. The van der Waals surface area contributed by atoms with E-state index >= 15 is 0 Å². The Morgan fingerprint density at radius 1 is 1.12 bits per heavy atom. The molecule has 0 aliphatic rings. The average molecular weight is 219 g/mol. The molecule has 16 heavy (non-hydrogen) atoms. The number of benzene rings is 1. The largest absolute Gasteiger partial charge is 0.370 e. The predicted octanol–water partition coefficient (Wildman–Crippen LogP) is 2.22. The predicted molar refractivity (Wildman–Crippen MR) is 63.2 cm³/mol. The molecule has 86 valence electrons. The molecule has 0 heterocycles. The summed E-state index contributed by atoms with van der Waals surface area (Å²) in [6, 6.07) is 7.55. The number of ketones is 1. The first-order valence-corrected chi connectivity index (χ1v) is 5.48. The molecule has 0 aliphatic heterocycles. The Bertz CT molecular complexity index is 385. The summed E-state index contributed by atoms with van der Waals surface area (Å²) in [5, 5.41) is 0. The van der Waals surface area contributed by atoms with Gasteiger partial charge in [0, 0.05) is 18.4 Å². The fourth-order valence-electron chi connectivity index (χ4n) is 1.61. The van der Waals surface area contributed by atoms with Crippen molar-refractivity contribution in [3.8, 4) is 0 Å². The molecule has 0 bridgehead atoms. The Hall–Kier alpha value is -1.64. The van der Waals surface area contributed by atoms with Gasteiger partial charge in [-0.15, -0.1) is 0 Å². The zero-order valence-electron chi connectivity index (χ0n) is 9.53. The van der Waals surface area contributed by atoms with E-state index in [1.807, 2.05) is 31.2 Å². The Kier molecular flexibility index (Phi) is 4.70. The standard InChI is InChI=1S/C13H17NO2/c1-10-6-2-3-7-11(10)12(15)8-4-5-9-13(14)16/h2-3,6-7H,4-5,8-9H2,1H3,(H2,14,16). The van der Waals surface area contributed by atoms with Gasteiger partial charge in [0.25, 0.3) is 0 Å². The van der Waals surface area contributed by atoms with Crippen LogP contribution in [0.4, 0.5) is 0 Å². The van der Waals surface area contributed by atoms with Crippen LogP contribution < -0.4 is 5.73 Å². The number of aryl methyl sites for hydroxylation is 1. The third kappa shape index (κ3) is 3.85. The highest BCUT2D eigenvalue weighted by molar-refractivity contribution is 5.97. The second kappa shape index (κ2) is 6.05. The lowest BCUT2D eigenvalue weighted by Gasteiger charge is -2.03. The normalized spacial score (nSPS) is 10.1.